The Morgan fingerprint density at radius 3 is 2.65 bits per heavy atom. The van der Waals surface area contributed by atoms with Crippen LogP contribution in [-0.2, 0) is 4.79 Å². The van der Waals surface area contributed by atoms with Crippen LogP contribution in [0.5, 0.6) is 11.5 Å². The molecule has 3 aromatic carbocycles. The Morgan fingerprint density at radius 1 is 1.11 bits per heavy atom. The third kappa shape index (κ3) is 4.66. The first-order chi connectivity index (χ1) is 18.0. The first-order valence-corrected chi connectivity index (χ1v) is 12.2. The van der Waals surface area contributed by atoms with Gasteiger partial charge in [-0.05, 0) is 62.2 Å². The fourth-order valence-electron chi connectivity index (χ4n) is 4.64. The van der Waals surface area contributed by atoms with Crippen LogP contribution in [0.2, 0.25) is 0 Å². The summed E-state index contributed by atoms with van der Waals surface area (Å²) in [6, 6.07) is 19.5. The highest BCUT2D eigenvalue weighted by molar-refractivity contribution is 6.08. The summed E-state index contributed by atoms with van der Waals surface area (Å²) in [4.78, 5) is 17.4. The van der Waals surface area contributed by atoms with E-state index in [1.165, 1.54) is 0 Å². The molecule has 0 aliphatic rings. The number of benzene rings is 3. The van der Waals surface area contributed by atoms with Gasteiger partial charge in [-0.15, -0.1) is 0 Å². The largest absolute Gasteiger partial charge is 0.496 e. The van der Waals surface area contributed by atoms with Gasteiger partial charge in [0, 0.05) is 39.7 Å². The van der Waals surface area contributed by atoms with Crippen LogP contribution in [0.25, 0.3) is 38.6 Å². The summed E-state index contributed by atoms with van der Waals surface area (Å²) in [6.07, 6.45) is 5.06. The molecular weight excluding hydrogens is 464 g/mol. The molecule has 6 nitrogen and oxygen atoms in total. The SMILES string of the molecule is CCOc1ccc(-c2coc3c(C)c(OC)c(/C(C)=C/C(=O)Nc4cccc5cccnc45)cc23)cc1. The zero-order valence-corrected chi connectivity index (χ0v) is 21.3. The molecule has 1 amide bonds. The molecule has 6 heteroatoms. The molecule has 2 heterocycles. The zero-order chi connectivity index (χ0) is 25.9. The minimum atomic E-state index is -0.241. The van der Waals surface area contributed by atoms with Gasteiger partial charge < -0.3 is 19.2 Å². The van der Waals surface area contributed by atoms with E-state index in [0.717, 1.165) is 55.4 Å². The number of nitrogens with one attached hydrogen (secondary N) is 1. The van der Waals surface area contributed by atoms with E-state index in [2.05, 4.69) is 10.3 Å². The van der Waals surface area contributed by atoms with Crippen LogP contribution in [0.3, 0.4) is 0 Å². The summed E-state index contributed by atoms with van der Waals surface area (Å²) in [5, 5.41) is 4.89. The number of aryl methyl sites for hydroxylation is 1. The molecular formula is C31H28N2O4. The maximum atomic E-state index is 13.0. The molecule has 37 heavy (non-hydrogen) atoms. The molecule has 0 saturated heterocycles. The molecule has 0 atom stereocenters. The van der Waals surface area contributed by atoms with Crippen molar-refractivity contribution in [3.05, 3.63) is 90.3 Å². The first kappa shape index (κ1) is 24.1. The van der Waals surface area contributed by atoms with E-state index in [4.69, 9.17) is 13.9 Å². The summed E-state index contributed by atoms with van der Waals surface area (Å²) in [5.74, 6) is 1.26. The molecule has 0 spiro atoms. The van der Waals surface area contributed by atoms with Crippen molar-refractivity contribution >= 4 is 39.0 Å². The second-order valence-corrected chi connectivity index (χ2v) is 8.76. The number of anilines is 1. The monoisotopic (exact) mass is 492 g/mol. The average molecular weight is 493 g/mol. The topological polar surface area (TPSA) is 73.6 Å². The van der Waals surface area contributed by atoms with Crippen LogP contribution >= 0.6 is 0 Å². The lowest BCUT2D eigenvalue weighted by Crippen LogP contribution is -2.09. The Labute approximate surface area is 215 Å². The van der Waals surface area contributed by atoms with Gasteiger partial charge in [-0.25, -0.2) is 0 Å². The number of rotatable bonds is 7. The normalized spacial score (nSPS) is 11.6. The van der Waals surface area contributed by atoms with Gasteiger partial charge in [-0.3, -0.25) is 9.78 Å². The number of aromatic nitrogens is 1. The van der Waals surface area contributed by atoms with Crippen molar-refractivity contribution in [1.29, 1.82) is 0 Å². The number of methoxy groups -OCH3 is 1. The molecule has 0 saturated carbocycles. The van der Waals surface area contributed by atoms with Gasteiger partial charge in [0.15, 0.2) is 0 Å². The van der Waals surface area contributed by atoms with Gasteiger partial charge >= 0.3 is 0 Å². The smallest absolute Gasteiger partial charge is 0.248 e. The van der Waals surface area contributed by atoms with Crippen molar-refractivity contribution in [2.24, 2.45) is 0 Å². The number of allylic oxidation sites excluding steroid dienone is 1. The number of carbonyl (C=O) groups is 1. The molecule has 5 aromatic rings. The van der Waals surface area contributed by atoms with Gasteiger partial charge in [0.05, 0.1) is 31.2 Å². The molecule has 0 fully saturated rings. The number of pyridine rings is 1. The molecule has 0 aliphatic heterocycles. The lowest BCUT2D eigenvalue weighted by Gasteiger charge is -2.13. The van der Waals surface area contributed by atoms with E-state index in [0.29, 0.717) is 18.0 Å². The summed E-state index contributed by atoms with van der Waals surface area (Å²) in [5.41, 5.74) is 6.61. The number of hydrogen-bond acceptors (Lipinski definition) is 5. The number of amides is 1. The summed E-state index contributed by atoms with van der Waals surface area (Å²) in [6.45, 7) is 6.45. The molecule has 0 radical (unpaired) electrons. The van der Waals surface area contributed by atoms with Crippen LogP contribution in [0, 0.1) is 6.92 Å². The quantitative estimate of drug-likeness (QED) is 0.240. The molecule has 5 rings (SSSR count). The average Bonchev–Trinajstić information content (AvgIpc) is 3.34. The standard InChI is InChI=1S/C31H28N2O4/c1-5-36-23-13-11-21(12-14-23)26-18-37-31-20(3)30(35-4)24(17-25(26)31)19(2)16-28(34)33-27-10-6-8-22-9-7-15-32-29(22)27/h6-18H,5H2,1-4H3,(H,33,34)/b19-16+. The third-order valence-electron chi connectivity index (χ3n) is 6.39. The lowest BCUT2D eigenvalue weighted by atomic mass is 9.96. The summed E-state index contributed by atoms with van der Waals surface area (Å²) in [7, 11) is 1.63. The van der Waals surface area contributed by atoms with Crippen molar-refractivity contribution in [2.75, 3.05) is 19.0 Å². The van der Waals surface area contributed by atoms with Gasteiger partial charge in [0.25, 0.3) is 0 Å². The third-order valence-corrected chi connectivity index (χ3v) is 6.39. The molecule has 0 unspecified atom stereocenters. The molecule has 1 N–H and O–H groups in total. The minimum absolute atomic E-state index is 0.241. The van der Waals surface area contributed by atoms with Crippen molar-refractivity contribution in [3.63, 3.8) is 0 Å². The number of carbonyl (C=O) groups excluding carboxylic acids is 1. The Hall–Kier alpha value is -4.58. The van der Waals surface area contributed by atoms with Crippen LogP contribution in [0.15, 0.2) is 83.6 Å². The second kappa shape index (κ2) is 10.2. The number of furan rings is 1. The van der Waals surface area contributed by atoms with E-state index < -0.39 is 0 Å². The molecule has 186 valence electrons. The van der Waals surface area contributed by atoms with Crippen LogP contribution in [0.1, 0.15) is 25.0 Å². The lowest BCUT2D eigenvalue weighted by molar-refractivity contribution is -0.111. The van der Waals surface area contributed by atoms with Crippen molar-refractivity contribution in [3.8, 4) is 22.6 Å². The van der Waals surface area contributed by atoms with E-state index in [1.807, 2.05) is 81.4 Å². The van der Waals surface area contributed by atoms with Crippen molar-refractivity contribution < 1.29 is 18.7 Å². The highest BCUT2D eigenvalue weighted by Crippen LogP contribution is 2.41. The Kier molecular flexibility index (Phi) is 6.64. The van der Waals surface area contributed by atoms with E-state index in [1.54, 1.807) is 25.6 Å². The van der Waals surface area contributed by atoms with E-state index in [-0.39, 0.29) is 5.91 Å². The molecule has 0 bridgehead atoms. The van der Waals surface area contributed by atoms with Crippen molar-refractivity contribution in [1.82, 2.24) is 4.98 Å². The fraction of sp³-hybridized carbons (Fsp3) is 0.161. The van der Waals surface area contributed by atoms with Gasteiger partial charge in [0.2, 0.25) is 5.91 Å². The highest BCUT2D eigenvalue weighted by atomic mass is 16.5. The minimum Gasteiger partial charge on any atom is -0.496 e. The summed E-state index contributed by atoms with van der Waals surface area (Å²) >= 11 is 0. The second-order valence-electron chi connectivity index (χ2n) is 8.76. The fourth-order valence-corrected chi connectivity index (χ4v) is 4.64. The van der Waals surface area contributed by atoms with Gasteiger partial charge in [-0.2, -0.15) is 0 Å². The van der Waals surface area contributed by atoms with Crippen molar-refractivity contribution in [2.45, 2.75) is 20.8 Å². The molecule has 0 aliphatic carbocycles. The molecule has 2 aromatic heterocycles. The van der Waals surface area contributed by atoms with Gasteiger partial charge in [-0.1, -0.05) is 30.3 Å². The number of nitrogens with zero attached hydrogens (tertiary/aromatic N) is 1. The Bertz CT molecular complexity index is 1630. The van der Waals surface area contributed by atoms with Gasteiger partial charge in [0.1, 0.15) is 17.1 Å². The van der Waals surface area contributed by atoms with Crippen LogP contribution < -0.4 is 14.8 Å². The Morgan fingerprint density at radius 2 is 1.89 bits per heavy atom. The number of para-hydroxylation sites is 1. The predicted octanol–water partition coefficient (Wildman–Crippen LogP) is 7.41. The number of fused-ring (bicyclic) bond motifs is 2. The number of ether oxygens (including phenoxy) is 2. The summed E-state index contributed by atoms with van der Waals surface area (Å²) < 4.78 is 17.3. The van der Waals surface area contributed by atoms with E-state index >= 15 is 0 Å². The van der Waals surface area contributed by atoms with E-state index in [9.17, 15) is 4.79 Å². The zero-order valence-electron chi connectivity index (χ0n) is 21.3. The Balaban J connectivity index is 1.52. The van der Waals surface area contributed by atoms with Crippen LogP contribution in [0.4, 0.5) is 5.69 Å². The first-order valence-electron chi connectivity index (χ1n) is 12.2. The maximum absolute atomic E-state index is 13.0. The number of hydrogen-bond donors (Lipinski definition) is 1. The van der Waals surface area contributed by atoms with Crippen LogP contribution in [-0.4, -0.2) is 24.6 Å². The highest BCUT2D eigenvalue weighted by Gasteiger charge is 2.19. The predicted molar refractivity (Wildman–Crippen MR) is 148 cm³/mol. The maximum Gasteiger partial charge on any atom is 0.248 e.